The van der Waals surface area contributed by atoms with E-state index in [1.807, 2.05) is 0 Å². The molecule has 2 nitrogen and oxygen atoms in total. The lowest BCUT2D eigenvalue weighted by Gasteiger charge is -2.25. The molecule has 0 aromatic carbocycles. The molecule has 2 saturated heterocycles. The Labute approximate surface area is 68.5 Å². The summed E-state index contributed by atoms with van der Waals surface area (Å²) < 4.78 is 5.19. The molecule has 0 amide bonds. The highest BCUT2D eigenvalue weighted by atomic mass is 16.5. The first-order valence-corrected chi connectivity index (χ1v) is 4.51. The van der Waals surface area contributed by atoms with Crippen molar-refractivity contribution in [3.05, 3.63) is 0 Å². The molecule has 0 N–H and O–H groups in total. The van der Waals surface area contributed by atoms with Gasteiger partial charge in [-0.3, -0.25) is 4.90 Å². The lowest BCUT2D eigenvalue weighted by molar-refractivity contribution is -0.0372. The number of ether oxygens (including phenoxy) is 1. The fraction of sp³-hybridized carbons (Fsp3) is 1.00. The average Bonchev–Trinajstić information content (AvgIpc) is 2.37. The van der Waals surface area contributed by atoms with Crippen LogP contribution in [0.15, 0.2) is 0 Å². The summed E-state index contributed by atoms with van der Waals surface area (Å²) in [5, 5.41) is 0. The van der Waals surface area contributed by atoms with Crippen molar-refractivity contribution in [2.75, 3.05) is 20.3 Å². The van der Waals surface area contributed by atoms with E-state index in [1.54, 1.807) is 0 Å². The molecule has 2 rings (SSSR count). The van der Waals surface area contributed by atoms with Gasteiger partial charge < -0.3 is 4.74 Å². The summed E-state index contributed by atoms with van der Waals surface area (Å²) in [6, 6.07) is 1.67. The lowest BCUT2D eigenvalue weighted by Crippen LogP contribution is -2.34. The topological polar surface area (TPSA) is 12.2 Å². The van der Waals surface area contributed by atoms with E-state index in [4.69, 9.17) is 4.74 Å². The van der Waals surface area contributed by atoms with E-state index in [9.17, 15) is 0 Å². The molecule has 0 saturated carbocycles. The van der Waals surface area contributed by atoms with Crippen molar-refractivity contribution in [3.63, 3.8) is 0 Å². The minimum Gasteiger partial charge on any atom is -0.381 e. The van der Waals surface area contributed by atoms with Crippen LogP contribution in [0.3, 0.4) is 0 Å². The summed E-state index contributed by atoms with van der Waals surface area (Å²) in [6.45, 7) is 6.61. The molecular weight excluding hydrogens is 138 g/mol. The summed E-state index contributed by atoms with van der Waals surface area (Å²) in [5.41, 5.74) is 0. The maximum atomic E-state index is 5.19. The van der Waals surface area contributed by atoms with E-state index >= 15 is 0 Å². The van der Waals surface area contributed by atoms with Gasteiger partial charge >= 0.3 is 0 Å². The number of likely N-dealkylation sites (N-methyl/N-ethyl adjacent to an activating group) is 1. The highest BCUT2D eigenvalue weighted by Gasteiger charge is 2.52. The van der Waals surface area contributed by atoms with Crippen molar-refractivity contribution in [2.45, 2.75) is 25.9 Å². The standard InChI is InChI=1S/C9H17NO/c1-6(2)8-9(10(8)3)7-4-11-5-7/h6-9H,4-5H2,1-3H3/t8-,9-,10?/m0/s1. The Kier molecular flexibility index (Phi) is 1.69. The zero-order valence-corrected chi connectivity index (χ0v) is 7.58. The molecule has 2 heteroatoms. The maximum absolute atomic E-state index is 5.19. The van der Waals surface area contributed by atoms with Gasteiger partial charge in [0.1, 0.15) is 0 Å². The first kappa shape index (κ1) is 7.56. The van der Waals surface area contributed by atoms with Gasteiger partial charge in [-0.25, -0.2) is 0 Å². The third-order valence-electron chi connectivity index (χ3n) is 3.03. The van der Waals surface area contributed by atoms with Crippen molar-refractivity contribution in [3.8, 4) is 0 Å². The van der Waals surface area contributed by atoms with Crippen LogP contribution in [-0.4, -0.2) is 37.2 Å². The molecule has 0 aromatic rings. The van der Waals surface area contributed by atoms with Crippen LogP contribution in [0.25, 0.3) is 0 Å². The molecule has 64 valence electrons. The molecule has 11 heavy (non-hydrogen) atoms. The zero-order chi connectivity index (χ0) is 8.01. The van der Waals surface area contributed by atoms with Crippen LogP contribution < -0.4 is 0 Å². The van der Waals surface area contributed by atoms with Crippen LogP contribution in [0.4, 0.5) is 0 Å². The van der Waals surface area contributed by atoms with Crippen LogP contribution in [0, 0.1) is 11.8 Å². The molecule has 2 aliphatic rings. The van der Waals surface area contributed by atoms with Crippen LogP contribution >= 0.6 is 0 Å². The predicted molar refractivity (Wildman–Crippen MR) is 44.5 cm³/mol. The monoisotopic (exact) mass is 155 g/mol. The summed E-state index contributed by atoms with van der Waals surface area (Å²) in [5.74, 6) is 1.65. The third kappa shape index (κ3) is 1.09. The molecule has 0 radical (unpaired) electrons. The van der Waals surface area contributed by atoms with Crippen LogP contribution in [0.5, 0.6) is 0 Å². The van der Waals surface area contributed by atoms with Crippen LogP contribution in [0.2, 0.25) is 0 Å². The van der Waals surface area contributed by atoms with Gasteiger partial charge in [-0.2, -0.15) is 0 Å². The van der Waals surface area contributed by atoms with E-state index in [0.717, 1.165) is 37.1 Å². The van der Waals surface area contributed by atoms with Gasteiger partial charge in [0, 0.05) is 18.0 Å². The number of hydrogen-bond acceptors (Lipinski definition) is 2. The van der Waals surface area contributed by atoms with E-state index in [-0.39, 0.29) is 0 Å². The molecular formula is C9H17NO. The van der Waals surface area contributed by atoms with Crippen molar-refractivity contribution in [1.82, 2.24) is 4.90 Å². The zero-order valence-electron chi connectivity index (χ0n) is 7.58. The second-order valence-corrected chi connectivity index (χ2v) is 4.19. The van der Waals surface area contributed by atoms with Gasteiger partial charge in [0.2, 0.25) is 0 Å². The minimum absolute atomic E-state index is 0.811. The molecule has 0 spiro atoms. The van der Waals surface area contributed by atoms with Crippen molar-refractivity contribution < 1.29 is 4.74 Å². The van der Waals surface area contributed by atoms with Gasteiger partial charge in [0.25, 0.3) is 0 Å². The van der Waals surface area contributed by atoms with E-state index in [0.29, 0.717) is 0 Å². The molecule has 0 aliphatic carbocycles. The fourth-order valence-electron chi connectivity index (χ4n) is 2.31. The Morgan fingerprint density at radius 3 is 2.27 bits per heavy atom. The fourth-order valence-corrected chi connectivity index (χ4v) is 2.31. The summed E-state index contributed by atoms with van der Waals surface area (Å²) >= 11 is 0. The lowest BCUT2D eigenvalue weighted by atomic mass is 9.97. The SMILES string of the molecule is CC(C)[C@H]1[C@H](C2COC2)N1C. The summed E-state index contributed by atoms with van der Waals surface area (Å²) in [4.78, 5) is 2.48. The van der Waals surface area contributed by atoms with Crippen LogP contribution in [-0.2, 0) is 4.74 Å². The van der Waals surface area contributed by atoms with Crippen molar-refractivity contribution >= 4 is 0 Å². The molecule has 2 fully saturated rings. The molecule has 1 unspecified atom stereocenters. The average molecular weight is 155 g/mol. The minimum atomic E-state index is 0.811. The molecule has 0 aromatic heterocycles. The largest absolute Gasteiger partial charge is 0.381 e. The Morgan fingerprint density at radius 2 is 2.00 bits per heavy atom. The number of nitrogens with zero attached hydrogens (tertiary/aromatic N) is 1. The van der Waals surface area contributed by atoms with Gasteiger partial charge in [-0.05, 0) is 13.0 Å². The normalized spacial score (nSPS) is 44.2. The Morgan fingerprint density at radius 1 is 1.36 bits per heavy atom. The third-order valence-corrected chi connectivity index (χ3v) is 3.03. The predicted octanol–water partition coefficient (Wildman–Crippen LogP) is 0.971. The molecule has 2 aliphatic heterocycles. The number of hydrogen-bond donors (Lipinski definition) is 0. The Hall–Kier alpha value is -0.0800. The van der Waals surface area contributed by atoms with Gasteiger partial charge in [-0.15, -0.1) is 0 Å². The molecule has 2 heterocycles. The molecule has 0 bridgehead atoms. The smallest absolute Gasteiger partial charge is 0.0532 e. The first-order valence-electron chi connectivity index (χ1n) is 4.51. The quantitative estimate of drug-likeness (QED) is 0.551. The van der Waals surface area contributed by atoms with Gasteiger partial charge in [-0.1, -0.05) is 13.8 Å². The first-order chi connectivity index (χ1) is 5.22. The maximum Gasteiger partial charge on any atom is 0.0532 e. The highest BCUT2D eigenvalue weighted by Crippen LogP contribution is 2.39. The summed E-state index contributed by atoms with van der Waals surface area (Å²) in [7, 11) is 2.23. The van der Waals surface area contributed by atoms with Crippen molar-refractivity contribution in [2.24, 2.45) is 11.8 Å². The van der Waals surface area contributed by atoms with E-state index in [2.05, 4.69) is 25.8 Å². The van der Waals surface area contributed by atoms with E-state index in [1.165, 1.54) is 0 Å². The molecule has 3 atom stereocenters. The summed E-state index contributed by atoms with van der Waals surface area (Å²) in [6.07, 6.45) is 0. The second kappa shape index (κ2) is 2.46. The van der Waals surface area contributed by atoms with Crippen LogP contribution in [0.1, 0.15) is 13.8 Å². The van der Waals surface area contributed by atoms with Gasteiger partial charge in [0.05, 0.1) is 13.2 Å². The highest BCUT2D eigenvalue weighted by molar-refractivity contribution is 5.06. The second-order valence-electron chi connectivity index (χ2n) is 4.19. The number of rotatable bonds is 2. The Bertz CT molecular complexity index is 154. The van der Waals surface area contributed by atoms with Gasteiger partial charge in [0.15, 0.2) is 0 Å². The Balaban J connectivity index is 1.88. The van der Waals surface area contributed by atoms with E-state index < -0.39 is 0 Å². The van der Waals surface area contributed by atoms with Crippen molar-refractivity contribution in [1.29, 1.82) is 0 Å².